The second-order valence-corrected chi connectivity index (χ2v) is 13.1. The number of likely N-dealkylation sites (tertiary alicyclic amines) is 1. The molecule has 1 amide bonds. The van der Waals surface area contributed by atoms with Gasteiger partial charge >= 0.3 is 6.18 Å². The van der Waals surface area contributed by atoms with E-state index in [0.29, 0.717) is 18.2 Å². The Labute approximate surface area is 213 Å². The van der Waals surface area contributed by atoms with E-state index in [1.165, 1.54) is 18.7 Å². The van der Waals surface area contributed by atoms with Crippen molar-refractivity contribution in [2.24, 2.45) is 5.92 Å². The second kappa shape index (κ2) is 10.2. The highest BCUT2D eigenvalue weighted by Crippen LogP contribution is 2.40. The molecule has 0 spiro atoms. The number of amides is 1. The van der Waals surface area contributed by atoms with Crippen LogP contribution in [0.25, 0.3) is 0 Å². The zero-order valence-electron chi connectivity index (χ0n) is 20.1. The van der Waals surface area contributed by atoms with Crippen molar-refractivity contribution in [1.29, 1.82) is 0 Å². The molecule has 1 atom stereocenters. The van der Waals surface area contributed by atoms with Gasteiger partial charge in [-0.25, -0.2) is 17.2 Å². The van der Waals surface area contributed by atoms with E-state index in [-0.39, 0.29) is 25.9 Å². The highest BCUT2D eigenvalue weighted by atomic mass is 32.2. The van der Waals surface area contributed by atoms with Gasteiger partial charge in [0, 0.05) is 24.9 Å². The summed E-state index contributed by atoms with van der Waals surface area (Å²) in [5.41, 5.74) is -2.08. The fraction of sp³-hybridized carbons (Fsp3) is 0.417. The number of carbonyl (C=O) groups is 2. The summed E-state index contributed by atoms with van der Waals surface area (Å²) < 4.78 is 104. The largest absolute Gasteiger partial charge is 0.416 e. The number of carbonyl (C=O) groups excluding carboxylic acids is 2. The van der Waals surface area contributed by atoms with E-state index in [1.54, 1.807) is 0 Å². The van der Waals surface area contributed by atoms with E-state index in [0.717, 1.165) is 24.5 Å². The lowest BCUT2D eigenvalue weighted by atomic mass is 9.85. The monoisotopic (exact) mass is 565 g/mol. The predicted octanol–water partition coefficient (Wildman–Crippen LogP) is 4.61. The summed E-state index contributed by atoms with van der Waals surface area (Å²) >= 11 is 0. The molecule has 1 heterocycles. The molecule has 0 aliphatic carbocycles. The topological polar surface area (TPSA) is 88.6 Å². The zero-order valence-corrected chi connectivity index (χ0v) is 21.7. The van der Waals surface area contributed by atoms with E-state index >= 15 is 0 Å². The number of alkyl halides is 3. The molecule has 1 saturated heterocycles. The molecule has 13 heteroatoms. The zero-order chi connectivity index (χ0) is 27.9. The number of nitrogens with zero attached hydrogens (tertiary/aromatic N) is 1. The SMILES string of the molecule is CS(=O)C(=O)c1cc(F)c(F)cc1C(=O)N1CCC(C(C)(C)S(=O)(=O)c2cccc(C(F)(F)F)c2)CC1. The molecular formula is C24H24F5NO5S2. The summed E-state index contributed by atoms with van der Waals surface area (Å²) in [5, 5.41) is -1.05. The van der Waals surface area contributed by atoms with Gasteiger partial charge in [0.2, 0.25) is 5.12 Å². The molecule has 2 aromatic carbocycles. The maximum absolute atomic E-state index is 13.9. The quantitative estimate of drug-likeness (QED) is 0.495. The fourth-order valence-corrected chi connectivity index (χ4v) is 6.66. The number of benzene rings is 2. The summed E-state index contributed by atoms with van der Waals surface area (Å²) in [6.07, 6.45) is -3.39. The summed E-state index contributed by atoms with van der Waals surface area (Å²) in [6.45, 7) is 2.81. The van der Waals surface area contributed by atoms with Crippen LogP contribution in [-0.4, -0.2) is 52.6 Å². The molecule has 1 aliphatic heterocycles. The third-order valence-electron chi connectivity index (χ3n) is 6.70. The Hall–Kier alpha value is -2.67. The summed E-state index contributed by atoms with van der Waals surface area (Å²) in [7, 11) is -6.32. The number of hydrogen-bond acceptors (Lipinski definition) is 5. The molecule has 6 nitrogen and oxygen atoms in total. The summed E-state index contributed by atoms with van der Waals surface area (Å²) in [6, 6.07) is 4.58. The van der Waals surface area contributed by atoms with Gasteiger partial charge in [-0.2, -0.15) is 13.2 Å². The molecule has 2 aromatic rings. The Morgan fingerprint density at radius 1 is 0.973 bits per heavy atom. The average Bonchev–Trinajstić information content (AvgIpc) is 2.84. The van der Waals surface area contributed by atoms with Gasteiger partial charge < -0.3 is 4.90 Å². The first-order valence-corrected chi connectivity index (χ1v) is 14.1. The predicted molar refractivity (Wildman–Crippen MR) is 126 cm³/mol. The number of halogens is 5. The molecule has 3 rings (SSSR count). The van der Waals surface area contributed by atoms with Crippen LogP contribution < -0.4 is 0 Å². The van der Waals surface area contributed by atoms with Gasteiger partial charge in [0.25, 0.3) is 5.91 Å². The number of sulfone groups is 1. The van der Waals surface area contributed by atoms with Crippen molar-refractivity contribution in [2.45, 2.75) is 42.5 Å². The normalized spacial score (nSPS) is 16.5. The Kier molecular flexibility index (Phi) is 8.00. The summed E-state index contributed by atoms with van der Waals surface area (Å²) in [4.78, 5) is 26.1. The van der Waals surface area contributed by atoms with Gasteiger partial charge in [0.1, 0.15) is 0 Å². The maximum Gasteiger partial charge on any atom is 0.416 e. The highest BCUT2D eigenvalue weighted by molar-refractivity contribution is 8.00. The Morgan fingerprint density at radius 3 is 2.03 bits per heavy atom. The van der Waals surface area contributed by atoms with Gasteiger partial charge in [-0.05, 0) is 62.9 Å². The van der Waals surface area contributed by atoms with Crippen molar-refractivity contribution in [1.82, 2.24) is 4.90 Å². The molecule has 202 valence electrons. The van der Waals surface area contributed by atoms with Crippen LogP contribution in [-0.2, 0) is 26.8 Å². The molecule has 1 fully saturated rings. The molecule has 0 N–H and O–H groups in total. The lowest BCUT2D eigenvalue weighted by Crippen LogP contribution is -2.47. The van der Waals surface area contributed by atoms with Gasteiger partial charge in [0.05, 0.1) is 31.6 Å². The molecule has 0 saturated carbocycles. The molecular weight excluding hydrogens is 541 g/mol. The fourth-order valence-electron chi connectivity index (χ4n) is 4.36. The van der Waals surface area contributed by atoms with Crippen molar-refractivity contribution in [2.75, 3.05) is 19.3 Å². The molecule has 1 unspecified atom stereocenters. The third-order valence-corrected chi connectivity index (χ3v) is 10.0. The molecule has 0 aromatic heterocycles. The first-order valence-electron chi connectivity index (χ1n) is 11.1. The number of rotatable bonds is 5. The Bertz CT molecular complexity index is 1360. The van der Waals surface area contributed by atoms with Gasteiger partial charge in [-0.15, -0.1) is 0 Å². The third kappa shape index (κ3) is 5.62. The summed E-state index contributed by atoms with van der Waals surface area (Å²) in [5.74, 6) is -4.12. The van der Waals surface area contributed by atoms with E-state index in [9.17, 15) is 44.2 Å². The van der Waals surface area contributed by atoms with E-state index < -0.39 is 81.7 Å². The van der Waals surface area contributed by atoms with Gasteiger partial charge in [-0.1, -0.05) is 6.07 Å². The lowest BCUT2D eigenvalue weighted by molar-refractivity contribution is -0.137. The molecule has 37 heavy (non-hydrogen) atoms. The van der Waals surface area contributed by atoms with Crippen molar-refractivity contribution >= 4 is 31.7 Å². The smallest absolute Gasteiger partial charge is 0.339 e. The van der Waals surface area contributed by atoms with E-state index in [2.05, 4.69) is 0 Å². The van der Waals surface area contributed by atoms with Crippen LogP contribution in [0.2, 0.25) is 0 Å². The van der Waals surface area contributed by atoms with Crippen molar-refractivity contribution in [3.63, 3.8) is 0 Å². The van der Waals surface area contributed by atoms with E-state index in [1.807, 2.05) is 0 Å². The first-order chi connectivity index (χ1) is 17.0. The van der Waals surface area contributed by atoms with Gasteiger partial charge in [-0.3, -0.25) is 13.8 Å². The minimum absolute atomic E-state index is 0.00706. The minimum atomic E-state index is -4.72. The van der Waals surface area contributed by atoms with Crippen LogP contribution in [0, 0.1) is 17.6 Å². The standard InChI is InChI=1S/C24H24F5NO5S2/c1-23(2,37(34,35)16-6-4-5-15(11-16)24(27,28)29)14-7-9-30(10-8-14)21(31)17-12-19(25)20(26)13-18(17)22(32)36(3)33/h4-6,11-14H,7-10H2,1-3H3. The van der Waals surface area contributed by atoms with Gasteiger partial charge in [0.15, 0.2) is 21.5 Å². The van der Waals surface area contributed by atoms with Crippen molar-refractivity contribution in [3.8, 4) is 0 Å². The Balaban J connectivity index is 1.83. The maximum atomic E-state index is 13.9. The number of piperidine rings is 1. The average molecular weight is 566 g/mol. The second-order valence-electron chi connectivity index (χ2n) is 9.25. The number of hydrogen-bond donors (Lipinski definition) is 0. The van der Waals surface area contributed by atoms with Crippen molar-refractivity contribution in [3.05, 3.63) is 64.7 Å². The van der Waals surface area contributed by atoms with Crippen molar-refractivity contribution < 1.29 is 44.2 Å². The van der Waals surface area contributed by atoms with Crippen LogP contribution in [0.15, 0.2) is 41.3 Å². The minimum Gasteiger partial charge on any atom is -0.339 e. The first kappa shape index (κ1) is 28.9. The van der Waals surface area contributed by atoms with Crippen LogP contribution in [0.5, 0.6) is 0 Å². The van der Waals surface area contributed by atoms with Crippen LogP contribution >= 0.6 is 0 Å². The molecule has 0 bridgehead atoms. The molecule has 0 radical (unpaired) electrons. The van der Waals surface area contributed by atoms with E-state index in [4.69, 9.17) is 0 Å². The van der Waals surface area contributed by atoms with Crippen LogP contribution in [0.3, 0.4) is 0 Å². The highest BCUT2D eigenvalue weighted by Gasteiger charge is 2.45. The lowest BCUT2D eigenvalue weighted by Gasteiger charge is -2.40. The van der Waals surface area contributed by atoms with Crippen LogP contribution in [0.1, 0.15) is 53.0 Å². The molecule has 1 aliphatic rings. The van der Waals surface area contributed by atoms with Crippen LogP contribution in [0.4, 0.5) is 22.0 Å². The Morgan fingerprint density at radius 2 is 1.51 bits per heavy atom.